The van der Waals surface area contributed by atoms with Crippen molar-refractivity contribution in [3.05, 3.63) is 23.8 Å². The lowest BCUT2D eigenvalue weighted by Crippen LogP contribution is -2.35. The average Bonchev–Trinajstić information content (AvgIpc) is 3.05. The van der Waals surface area contributed by atoms with Crippen LogP contribution in [0.1, 0.15) is 25.3 Å². The van der Waals surface area contributed by atoms with Crippen LogP contribution in [0.15, 0.2) is 23.1 Å². The number of benzene rings is 1. The van der Waals surface area contributed by atoms with Gasteiger partial charge in [0.2, 0.25) is 5.91 Å². The summed E-state index contributed by atoms with van der Waals surface area (Å²) in [6, 6.07) is 4.22. The molecule has 1 aliphatic rings. The zero-order valence-corrected chi connectivity index (χ0v) is 12.8. The van der Waals surface area contributed by atoms with E-state index in [4.69, 9.17) is 15.4 Å². The minimum Gasteiger partial charge on any atom is -0.496 e. The molecule has 1 amide bonds. The van der Waals surface area contributed by atoms with Crippen LogP contribution in [-0.4, -0.2) is 27.0 Å². The molecule has 110 valence electrons. The van der Waals surface area contributed by atoms with Crippen LogP contribution < -0.4 is 10.1 Å². The second-order valence-electron chi connectivity index (χ2n) is 5.20. The van der Waals surface area contributed by atoms with Gasteiger partial charge in [-0.05, 0) is 38.0 Å². The number of ether oxygens (including phenoxy) is 1. The molecular weight excluding hydrogens is 302 g/mol. The fraction of sp³-hybridized carbons (Fsp3) is 0.462. The van der Waals surface area contributed by atoms with Gasteiger partial charge in [0, 0.05) is 21.8 Å². The van der Waals surface area contributed by atoms with Gasteiger partial charge in [0.1, 0.15) is 5.75 Å². The Morgan fingerprint density at radius 1 is 1.45 bits per heavy atom. The van der Waals surface area contributed by atoms with Crippen LogP contribution in [0.25, 0.3) is 0 Å². The summed E-state index contributed by atoms with van der Waals surface area (Å²) in [4.78, 5) is 11.9. The molecule has 0 heterocycles. The Bertz CT molecular complexity index is 638. The van der Waals surface area contributed by atoms with Crippen LogP contribution in [0.3, 0.4) is 0 Å². The molecule has 1 aromatic carbocycles. The maximum Gasteiger partial charge on any atom is 0.261 e. The molecule has 0 atom stereocenters. The molecule has 20 heavy (non-hydrogen) atoms. The van der Waals surface area contributed by atoms with Gasteiger partial charge < -0.3 is 10.1 Å². The van der Waals surface area contributed by atoms with Crippen LogP contribution in [0.4, 0.5) is 0 Å². The van der Waals surface area contributed by atoms with E-state index < -0.39 is 9.05 Å². The van der Waals surface area contributed by atoms with E-state index in [-0.39, 0.29) is 22.8 Å². The van der Waals surface area contributed by atoms with Crippen LogP contribution >= 0.6 is 10.7 Å². The van der Waals surface area contributed by atoms with Gasteiger partial charge in [-0.1, -0.05) is 0 Å². The first-order valence-electron chi connectivity index (χ1n) is 6.16. The summed E-state index contributed by atoms with van der Waals surface area (Å²) < 4.78 is 27.8. The largest absolute Gasteiger partial charge is 0.496 e. The topological polar surface area (TPSA) is 72.5 Å². The van der Waals surface area contributed by atoms with E-state index in [9.17, 15) is 13.2 Å². The second kappa shape index (κ2) is 5.26. The highest BCUT2D eigenvalue weighted by molar-refractivity contribution is 8.13. The first kappa shape index (κ1) is 15.1. The summed E-state index contributed by atoms with van der Waals surface area (Å²) in [6.45, 7) is 1.97. The van der Waals surface area contributed by atoms with Gasteiger partial charge in [0.05, 0.1) is 18.4 Å². The molecule has 2 rings (SSSR count). The number of carbonyl (C=O) groups is 1. The van der Waals surface area contributed by atoms with E-state index in [1.54, 1.807) is 0 Å². The number of methoxy groups -OCH3 is 1. The Labute approximate surface area is 122 Å². The Balaban J connectivity index is 2.22. The lowest BCUT2D eigenvalue weighted by Gasteiger charge is -2.13. The van der Waals surface area contributed by atoms with E-state index >= 15 is 0 Å². The van der Waals surface area contributed by atoms with Gasteiger partial charge in [-0.25, -0.2) is 8.42 Å². The first-order chi connectivity index (χ1) is 9.23. The Kier molecular flexibility index (Phi) is 3.97. The van der Waals surface area contributed by atoms with Crippen molar-refractivity contribution < 1.29 is 17.9 Å². The highest BCUT2D eigenvalue weighted by Crippen LogP contribution is 2.34. The highest BCUT2D eigenvalue weighted by Gasteiger charge is 2.38. The van der Waals surface area contributed by atoms with Gasteiger partial charge in [0.15, 0.2) is 0 Å². The molecule has 0 unspecified atom stereocenters. The maximum atomic E-state index is 11.9. The quantitative estimate of drug-likeness (QED) is 0.841. The fourth-order valence-corrected chi connectivity index (χ4v) is 2.71. The zero-order valence-electron chi connectivity index (χ0n) is 11.3. The van der Waals surface area contributed by atoms with E-state index in [1.807, 2.05) is 6.92 Å². The lowest BCUT2D eigenvalue weighted by atomic mass is 10.1. The molecule has 1 saturated carbocycles. The maximum absolute atomic E-state index is 11.9. The van der Waals surface area contributed by atoms with Crippen molar-refractivity contribution >= 4 is 25.6 Å². The van der Waals surface area contributed by atoms with Crippen molar-refractivity contribution in [1.29, 1.82) is 0 Å². The zero-order chi connectivity index (χ0) is 15.0. The van der Waals surface area contributed by atoms with E-state index in [0.717, 1.165) is 12.8 Å². The first-order valence-corrected chi connectivity index (χ1v) is 8.47. The van der Waals surface area contributed by atoms with Crippen molar-refractivity contribution in [2.24, 2.45) is 0 Å². The highest BCUT2D eigenvalue weighted by atomic mass is 35.7. The molecule has 1 N–H and O–H groups in total. The molecule has 0 bridgehead atoms. The van der Waals surface area contributed by atoms with Crippen molar-refractivity contribution in [2.75, 3.05) is 7.11 Å². The van der Waals surface area contributed by atoms with Gasteiger partial charge in [-0.3, -0.25) is 4.79 Å². The number of amides is 1. The molecule has 0 spiro atoms. The number of nitrogens with one attached hydrogen (secondary N) is 1. The van der Waals surface area contributed by atoms with Crippen molar-refractivity contribution in [2.45, 2.75) is 36.6 Å². The third-order valence-electron chi connectivity index (χ3n) is 3.33. The van der Waals surface area contributed by atoms with Crippen molar-refractivity contribution in [3.63, 3.8) is 0 Å². The lowest BCUT2D eigenvalue weighted by molar-refractivity contribution is -0.121. The number of rotatable bonds is 5. The second-order valence-corrected chi connectivity index (χ2v) is 7.76. The van der Waals surface area contributed by atoms with Gasteiger partial charge in [0.25, 0.3) is 9.05 Å². The monoisotopic (exact) mass is 317 g/mol. The van der Waals surface area contributed by atoms with E-state index in [0.29, 0.717) is 11.3 Å². The molecule has 0 radical (unpaired) electrons. The fourth-order valence-electron chi connectivity index (χ4n) is 1.91. The van der Waals surface area contributed by atoms with Crippen molar-refractivity contribution in [3.8, 4) is 5.75 Å². The molecule has 5 nitrogen and oxygen atoms in total. The minimum absolute atomic E-state index is 0.0413. The molecule has 0 aromatic heterocycles. The third kappa shape index (κ3) is 3.64. The Morgan fingerprint density at radius 2 is 2.10 bits per heavy atom. The van der Waals surface area contributed by atoms with Crippen LogP contribution in [-0.2, 0) is 20.3 Å². The minimum atomic E-state index is -3.82. The molecular formula is C13H16ClNO4S. The standard InChI is InChI=1S/C13H16ClNO4S/c1-13(5-6-13)15-12(16)8-9-7-10(20(14,17)18)3-4-11(9)19-2/h3-4,7H,5-6,8H2,1-2H3,(H,15,16). The molecule has 0 aliphatic heterocycles. The molecule has 1 aromatic rings. The molecule has 1 fully saturated rings. The van der Waals surface area contributed by atoms with Gasteiger partial charge in [-0.15, -0.1) is 0 Å². The average molecular weight is 318 g/mol. The summed E-state index contributed by atoms with van der Waals surface area (Å²) in [5.41, 5.74) is 0.386. The van der Waals surface area contributed by atoms with Gasteiger partial charge in [-0.2, -0.15) is 0 Å². The molecule has 0 saturated heterocycles. The third-order valence-corrected chi connectivity index (χ3v) is 4.68. The summed E-state index contributed by atoms with van der Waals surface area (Å²) in [6.07, 6.45) is 1.98. The Morgan fingerprint density at radius 3 is 2.60 bits per heavy atom. The van der Waals surface area contributed by atoms with E-state index in [1.165, 1.54) is 25.3 Å². The predicted molar refractivity (Wildman–Crippen MR) is 75.5 cm³/mol. The summed E-state index contributed by atoms with van der Waals surface area (Å²) in [5.74, 6) is 0.303. The molecule has 1 aliphatic carbocycles. The normalized spacial score (nSPS) is 16.6. The summed E-state index contributed by atoms with van der Waals surface area (Å²) in [7, 11) is 2.95. The van der Waals surface area contributed by atoms with Crippen LogP contribution in [0.2, 0.25) is 0 Å². The SMILES string of the molecule is COc1ccc(S(=O)(=O)Cl)cc1CC(=O)NC1(C)CC1. The molecule has 7 heteroatoms. The number of halogens is 1. The smallest absolute Gasteiger partial charge is 0.261 e. The van der Waals surface area contributed by atoms with Gasteiger partial charge >= 0.3 is 0 Å². The van der Waals surface area contributed by atoms with Crippen LogP contribution in [0, 0.1) is 0 Å². The summed E-state index contributed by atoms with van der Waals surface area (Å²) >= 11 is 0. The number of hydrogen-bond donors (Lipinski definition) is 1. The predicted octanol–water partition coefficient (Wildman–Crippen LogP) is 1.83. The summed E-state index contributed by atoms with van der Waals surface area (Å²) in [5, 5.41) is 2.91. The number of carbonyl (C=O) groups excluding carboxylic acids is 1. The van der Waals surface area contributed by atoms with Crippen molar-refractivity contribution in [1.82, 2.24) is 5.32 Å². The van der Waals surface area contributed by atoms with Crippen LogP contribution in [0.5, 0.6) is 5.75 Å². The number of hydrogen-bond acceptors (Lipinski definition) is 4. The Hall–Kier alpha value is -1.27. The van der Waals surface area contributed by atoms with E-state index in [2.05, 4.69) is 5.32 Å².